The molecule has 0 saturated carbocycles. The Hall–Kier alpha value is -1.10. The van der Waals surface area contributed by atoms with Gasteiger partial charge in [0.05, 0.1) is 6.61 Å². The summed E-state index contributed by atoms with van der Waals surface area (Å²) in [5.41, 5.74) is -0.455. The summed E-state index contributed by atoms with van der Waals surface area (Å²) in [6.45, 7) is 7.56. The van der Waals surface area contributed by atoms with Crippen LogP contribution in [-0.2, 0) is 14.3 Å². The molecule has 0 spiro atoms. The minimum absolute atomic E-state index is 0.128. The van der Waals surface area contributed by atoms with Crippen molar-refractivity contribution < 1.29 is 19.1 Å². The predicted octanol–water partition coefficient (Wildman–Crippen LogP) is 1.46. The number of hydrogen-bond donors (Lipinski definition) is 0. The van der Waals surface area contributed by atoms with Gasteiger partial charge in [0.15, 0.2) is 0 Å². The molecule has 0 N–H and O–H groups in total. The molecule has 1 aliphatic heterocycles. The molecule has 98 valence electrons. The fourth-order valence-electron chi connectivity index (χ4n) is 1.74. The van der Waals surface area contributed by atoms with Gasteiger partial charge < -0.3 is 19.2 Å². The summed E-state index contributed by atoms with van der Waals surface area (Å²) in [7, 11) is 0. The summed E-state index contributed by atoms with van der Waals surface area (Å²) in [5, 5.41) is 0. The number of carbonyl (C=O) groups is 2. The zero-order valence-electron chi connectivity index (χ0n) is 10.8. The van der Waals surface area contributed by atoms with Gasteiger partial charge in [0.2, 0.25) is 0 Å². The highest BCUT2D eigenvalue weighted by molar-refractivity contribution is 5.68. The summed E-state index contributed by atoms with van der Waals surface area (Å²) in [6, 6.07) is 0. The molecule has 0 aromatic heterocycles. The number of hydrogen-bond acceptors (Lipinski definition) is 4. The van der Waals surface area contributed by atoms with Crippen molar-refractivity contribution in [3.63, 3.8) is 0 Å². The zero-order valence-corrected chi connectivity index (χ0v) is 10.8. The van der Waals surface area contributed by atoms with E-state index in [2.05, 4.69) is 0 Å². The van der Waals surface area contributed by atoms with E-state index in [9.17, 15) is 9.59 Å². The van der Waals surface area contributed by atoms with Gasteiger partial charge in [0.1, 0.15) is 18.5 Å². The molecule has 17 heavy (non-hydrogen) atoms. The van der Waals surface area contributed by atoms with Crippen molar-refractivity contribution in [1.29, 1.82) is 0 Å². The van der Waals surface area contributed by atoms with Gasteiger partial charge in [-0.25, -0.2) is 4.79 Å². The van der Waals surface area contributed by atoms with Gasteiger partial charge in [-0.15, -0.1) is 0 Å². The normalized spacial score (nSPS) is 20.4. The number of likely N-dealkylation sites (tertiary alicyclic amines) is 1. The number of amides is 1. The number of ether oxygens (including phenoxy) is 2. The SMILES string of the molecule is CC(C)(C)OC(=O)N1CC[C@@H](COCC=O)C1. The van der Waals surface area contributed by atoms with Gasteiger partial charge >= 0.3 is 6.09 Å². The van der Waals surface area contributed by atoms with Gasteiger partial charge in [-0.05, 0) is 27.2 Å². The van der Waals surface area contributed by atoms with Gasteiger partial charge in [0.25, 0.3) is 0 Å². The molecule has 1 aliphatic rings. The van der Waals surface area contributed by atoms with Crippen LogP contribution in [-0.4, -0.2) is 49.2 Å². The first kappa shape index (κ1) is 14.0. The van der Waals surface area contributed by atoms with Gasteiger partial charge in [-0.2, -0.15) is 0 Å². The Kier molecular flexibility index (Phi) is 4.93. The molecule has 0 aromatic rings. The lowest BCUT2D eigenvalue weighted by Crippen LogP contribution is -2.35. The summed E-state index contributed by atoms with van der Waals surface area (Å²) >= 11 is 0. The molecule has 0 unspecified atom stereocenters. The van der Waals surface area contributed by atoms with Crippen molar-refractivity contribution in [1.82, 2.24) is 4.90 Å². The lowest BCUT2D eigenvalue weighted by molar-refractivity contribution is -0.112. The van der Waals surface area contributed by atoms with Gasteiger partial charge in [0, 0.05) is 19.0 Å². The Labute approximate surface area is 102 Å². The molecule has 5 nitrogen and oxygen atoms in total. The average molecular weight is 243 g/mol. The molecule has 5 heteroatoms. The van der Waals surface area contributed by atoms with Crippen LogP contribution in [0.3, 0.4) is 0 Å². The Morgan fingerprint density at radius 2 is 2.18 bits per heavy atom. The fraction of sp³-hybridized carbons (Fsp3) is 0.833. The maximum absolute atomic E-state index is 11.7. The number of rotatable bonds is 4. The van der Waals surface area contributed by atoms with Gasteiger partial charge in [-0.1, -0.05) is 0 Å². The number of nitrogens with zero attached hydrogens (tertiary/aromatic N) is 1. The van der Waals surface area contributed by atoms with E-state index in [1.807, 2.05) is 20.8 Å². The second kappa shape index (κ2) is 6.00. The molecule has 0 aromatic carbocycles. The van der Waals surface area contributed by atoms with Crippen LogP contribution in [0.5, 0.6) is 0 Å². The summed E-state index contributed by atoms with van der Waals surface area (Å²) in [6.07, 6.45) is 1.37. The van der Waals surface area contributed by atoms with E-state index in [4.69, 9.17) is 9.47 Å². The van der Waals surface area contributed by atoms with E-state index in [0.717, 1.165) is 12.7 Å². The van der Waals surface area contributed by atoms with E-state index in [1.165, 1.54) is 0 Å². The first-order valence-electron chi connectivity index (χ1n) is 5.91. The topological polar surface area (TPSA) is 55.8 Å². The molecule has 1 rings (SSSR count). The smallest absolute Gasteiger partial charge is 0.410 e. The highest BCUT2D eigenvalue weighted by Crippen LogP contribution is 2.19. The minimum Gasteiger partial charge on any atom is -0.444 e. The van der Waals surface area contributed by atoms with E-state index in [1.54, 1.807) is 4.90 Å². The van der Waals surface area contributed by atoms with Crippen LogP contribution in [0.15, 0.2) is 0 Å². The van der Waals surface area contributed by atoms with Crippen molar-refractivity contribution in [3.8, 4) is 0 Å². The third-order valence-corrected chi connectivity index (χ3v) is 2.48. The molecule has 0 bridgehead atoms. The van der Waals surface area contributed by atoms with Crippen LogP contribution in [0.1, 0.15) is 27.2 Å². The Bertz CT molecular complexity index is 272. The second-order valence-electron chi connectivity index (χ2n) is 5.29. The predicted molar refractivity (Wildman–Crippen MR) is 62.8 cm³/mol. The highest BCUT2D eigenvalue weighted by atomic mass is 16.6. The number of aldehydes is 1. The zero-order chi connectivity index (χ0) is 12.9. The summed E-state index contributed by atoms with van der Waals surface area (Å²) in [5.74, 6) is 0.308. The molecule has 1 fully saturated rings. The molecule has 1 atom stereocenters. The average Bonchev–Trinajstić information content (AvgIpc) is 2.64. The molecule has 0 radical (unpaired) electrons. The quantitative estimate of drug-likeness (QED) is 0.554. The molecular weight excluding hydrogens is 222 g/mol. The first-order chi connectivity index (χ1) is 7.92. The monoisotopic (exact) mass is 243 g/mol. The molecule has 1 amide bonds. The third kappa shape index (κ3) is 5.17. The second-order valence-corrected chi connectivity index (χ2v) is 5.29. The Morgan fingerprint density at radius 1 is 1.47 bits per heavy atom. The molecule has 1 saturated heterocycles. The molecule has 1 heterocycles. The maximum Gasteiger partial charge on any atom is 0.410 e. The van der Waals surface area contributed by atoms with Crippen LogP contribution in [0, 0.1) is 5.92 Å². The van der Waals surface area contributed by atoms with Crippen LogP contribution in [0.4, 0.5) is 4.79 Å². The fourth-order valence-corrected chi connectivity index (χ4v) is 1.74. The molecule has 0 aliphatic carbocycles. The largest absolute Gasteiger partial charge is 0.444 e. The van der Waals surface area contributed by atoms with E-state index >= 15 is 0 Å². The lowest BCUT2D eigenvalue weighted by Gasteiger charge is -2.24. The third-order valence-electron chi connectivity index (χ3n) is 2.48. The van der Waals surface area contributed by atoms with Crippen LogP contribution in [0.25, 0.3) is 0 Å². The standard InChI is InChI=1S/C12H21NO4/c1-12(2,3)17-11(15)13-5-4-10(8-13)9-16-7-6-14/h6,10H,4-5,7-9H2,1-3H3/t10-/m1/s1. The minimum atomic E-state index is -0.455. The summed E-state index contributed by atoms with van der Waals surface area (Å²) < 4.78 is 10.4. The van der Waals surface area contributed by atoms with Crippen molar-refractivity contribution in [2.24, 2.45) is 5.92 Å². The van der Waals surface area contributed by atoms with Crippen LogP contribution in [0.2, 0.25) is 0 Å². The lowest BCUT2D eigenvalue weighted by atomic mass is 10.1. The number of carbonyl (C=O) groups excluding carboxylic acids is 2. The van der Waals surface area contributed by atoms with E-state index in [0.29, 0.717) is 25.6 Å². The Morgan fingerprint density at radius 3 is 2.76 bits per heavy atom. The van der Waals surface area contributed by atoms with Crippen molar-refractivity contribution in [3.05, 3.63) is 0 Å². The van der Waals surface area contributed by atoms with E-state index < -0.39 is 5.60 Å². The van der Waals surface area contributed by atoms with Crippen molar-refractivity contribution >= 4 is 12.4 Å². The summed E-state index contributed by atoms with van der Waals surface area (Å²) in [4.78, 5) is 23.5. The van der Waals surface area contributed by atoms with E-state index in [-0.39, 0.29) is 12.7 Å². The van der Waals surface area contributed by atoms with Crippen LogP contribution < -0.4 is 0 Å². The van der Waals surface area contributed by atoms with Crippen molar-refractivity contribution in [2.45, 2.75) is 32.8 Å². The highest BCUT2D eigenvalue weighted by Gasteiger charge is 2.29. The molecular formula is C12H21NO4. The van der Waals surface area contributed by atoms with Crippen LogP contribution >= 0.6 is 0 Å². The maximum atomic E-state index is 11.7. The first-order valence-corrected chi connectivity index (χ1v) is 5.91. The van der Waals surface area contributed by atoms with Gasteiger partial charge in [-0.3, -0.25) is 0 Å². The Balaban J connectivity index is 2.29. The van der Waals surface area contributed by atoms with Crippen molar-refractivity contribution in [2.75, 3.05) is 26.3 Å².